The molecule has 1 aromatic carbocycles. The van der Waals surface area contributed by atoms with Crippen LogP contribution in [0.2, 0.25) is 0 Å². The van der Waals surface area contributed by atoms with Crippen molar-refractivity contribution in [3.05, 3.63) is 40.4 Å². The van der Waals surface area contributed by atoms with Crippen LogP contribution in [0.3, 0.4) is 0 Å². The van der Waals surface area contributed by atoms with E-state index in [-0.39, 0.29) is 6.04 Å². The molecule has 21 heavy (non-hydrogen) atoms. The molecule has 3 heteroatoms. The van der Waals surface area contributed by atoms with Crippen molar-refractivity contribution in [2.75, 3.05) is 6.61 Å². The molecule has 0 saturated heterocycles. The van der Waals surface area contributed by atoms with E-state index in [1.54, 1.807) is 0 Å². The number of allylic oxidation sites excluding steroid dienone is 1. The molecule has 0 spiro atoms. The quantitative estimate of drug-likeness (QED) is 0.465. The second-order valence-corrected chi connectivity index (χ2v) is 6.49. The van der Waals surface area contributed by atoms with Gasteiger partial charge in [0.2, 0.25) is 0 Å². The van der Waals surface area contributed by atoms with Gasteiger partial charge in [0.25, 0.3) is 0 Å². The third-order valence-corrected chi connectivity index (χ3v) is 4.08. The van der Waals surface area contributed by atoms with E-state index in [0.29, 0.717) is 0 Å². The Morgan fingerprint density at radius 3 is 2.76 bits per heavy atom. The van der Waals surface area contributed by atoms with Gasteiger partial charge in [0.05, 0.1) is 6.61 Å². The third-order valence-electron chi connectivity index (χ3n) is 3.62. The average Bonchev–Trinajstić information content (AvgIpc) is 2.44. The first kappa shape index (κ1) is 18.2. The van der Waals surface area contributed by atoms with Crippen LogP contribution in [0.1, 0.15) is 50.2 Å². The normalized spacial score (nSPS) is 12.2. The summed E-state index contributed by atoms with van der Waals surface area (Å²) < 4.78 is 7.14. The van der Waals surface area contributed by atoms with Gasteiger partial charge in [-0.25, -0.2) is 0 Å². The fourth-order valence-corrected chi connectivity index (χ4v) is 2.95. The Bertz CT molecular complexity index is 445. The zero-order valence-corrected chi connectivity index (χ0v) is 14.9. The highest BCUT2D eigenvalue weighted by molar-refractivity contribution is 9.10. The molecule has 1 unspecified atom stereocenters. The summed E-state index contributed by atoms with van der Waals surface area (Å²) in [7, 11) is 0. The molecule has 0 heterocycles. The van der Waals surface area contributed by atoms with Crippen molar-refractivity contribution >= 4 is 15.9 Å². The molecule has 0 aliphatic heterocycles. The average molecular weight is 354 g/mol. The van der Waals surface area contributed by atoms with E-state index in [0.717, 1.165) is 42.5 Å². The van der Waals surface area contributed by atoms with Crippen LogP contribution >= 0.6 is 15.9 Å². The molecule has 0 aliphatic rings. The molecular weight excluding hydrogens is 326 g/mol. The number of unbranched alkanes of at least 4 members (excludes halogenated alkanes) is 3. The minimum Gasteiger partial charge on any atom is -0.493 e. The van der Waals surface area contributed by atoms with Crippen LogP contribution in [-0.4, -0.2) is 12.6 Å². The fraction of sp³-hybridized carbons (Fsp3) is 0.556. The van der Waals surface area contributed by atoms with E-state index in [1.807, 2.05) is 6.08 Å². The largest absolute Gasteiger partial charge is 0.493 e. The number of hydrogen-bond donors (Lipinski definition) is 1. The smallest absolute Gasteiger partial charge is 0.125 e. The zero-order chi connectivity index (χ0) is 15.7. The molecule has 1 atom stereocenters. The summed E-state index contributed by atoms with van der Waals surface area (Å²) in [5.41, 5.74) is 8.49. The molecule has 2 N–H and O–H groups in total. The van der Waals surface area contributed by atoms with Crippen LogP contribution in [0.5, 0.6) is 5.75 Å². The monoisotopic (exact) mass is 353 g/mol. The molecule has 2 nitrogen and oxygen atoms in total. The van der Waals surface area contributed by atoms with Crippen LogP contribution in [0, 0.1) is 6.92 Å². The Labute approximate surface area is 137 Å². The molecule has 0 bridgehead atoms. The number of nitrogens with two attached hydrogens (primary N) is 1. The molecule has 0 radical (unpaired) electrons. The maximum absolute atomic E-state index is 6.10. The number of hydrogen-bond acceptors (Lipinski definition) is 2. The second-order valence-electron chi connectivity index (χ2n) is 5.57. The van der Waals surface area contributed by atoms with Crippen molar-refractivity contribution in [2.24, 2.45) is 5.73 Å². The highest BCUT2D eigenvalue weighted by Gasteiger charge is 2.12. The van der Waals surface area contributed by atoms with Gasteiger partial charge in [-0.05, 0) is 68.7 Å². The van der Waals surface area contributed by atoms with Crippen LogP contribution < -0.4 is 10.5 Å². The Kier molecular flexibility index (Phi) is 8.70. The third kappa shape index (κ3) is 6.66. The summed E-state index contributed by atoms with van der Waals surface area (Å²) in [4.78, 5) is 0. The Morgan fingerprint density at radius 2 is 2.10 bits per heavy atom. The van der Waals surface area contributed by atoms with Gasteiger partial charge in [-0.15, -0.1) is 6.58 Å². The first-order chi connectivity index (χ1) is 10.1. The van der Waals surface area contributed by atoms with E-state index in [1.165, 1.54) is 24.0 Å². The van der Waals surface area contributed by atoms with Crippen molar-refractivity contribution in [1.29, 1.82) is 0 Å². The first-order valence-corrected chi connectivity index (χ1v) is 8.66. The van der Waals surface area contributed by atoms with E-state index in [2.05, 4.69) is 48.5 Å². The predicted octanol–water partition coefficient (Wildman–Crippen LogP) is 5.16. The summed E-state index contributed by atoms with van der Waals surface area (Å²) in [6, 6.07) is 4.43. The number of aryl methyl sites for hydroxylation is 1. The molecule has 0 fully saturated rings. The lowest BCUT2D eigenvalue weighted by molar-refractivity contribution is 0.299. The van der Waals surface area contributed by atoms with Gasteiger partial charge in [0.1, 0.15) is 5.75 Å². The van der Waals surface area contributed by atoms with Crippen LogP contribution in [-0.2, 0) is 6.42 Å². The lowest BCUT2D eigenvalue weighted by Gasteiger charge is -2.17. The Balaban J connectivity index is 2.64. The Morgan fingerprint density at radius 1 is 1.33 bits per heavy atom. The fourth-order valence-electron chi connectivity index (χ4n) is 2.33. The Hall–Kier alpha value is -0.800. The van der Waals surface area contributed by atoms with Crippen LogP contribution in [0.4, 0.5) is 0 Å². The minimum absolute atomic E-state index is 0.189. The summed E-state index contributed by atoms with van der Waals surface area (Å²) >= 11 is 3.56. The van der Waals surface area contributed by atoms with Gasteiger partial charge in [-0.1, -0.05) is 28.9 Å². The standard InChI is InChI=1S/C18H28BrNO/c1-4-6-7-8-9-10-21-18-14(3)11-16(19)12-15(18)13-17(20)5-2/h4,11-12,17H,1,5-10,13,20H2,2-3H3. The van der Waals surface area contributed by atoms with E-state index < -0.39 is 0 Å². The number of halogens is 1. The van der Waals surface area contributed by atoms with Gasteiger partial charge in [-0.2, -0.15) is 0 Å². The van der Waals surface area contributed by atoms with Crippen molar-refractivity contribution < 1.29 is 4.74 Å². The molecule has 0 aromatic heterocycles. The highest BCUT2D eigenvalue weighted by atomic mass is 79.9. The minimum atomic E-state index is 0.189. The van der Waals surface area contributed by atoms with Gasteiger partial charge < -0.3 is 10.5 Å². The van der Waals surface area contributed by atoms with Crippen molar-refractivity contribution in [1.82, 2.24) is 0 Å². The van der Waals surface area contributed by atoms with Gasteiger partial charge in [0, 0.05) is 10.5 Å². The maximum atomic E-state index is 6.10. The molecule has 0 saturated carbocycles. The molecular formula is C18H28BrNO. The van der Waals surface area contributed by atoms with E-state index in [9.17, 15) is 0 Å². The van der Waals surface area contributed by atoms with Gasteiger partial charge in [0.15, 0.2) is 0 Å². The topological polar surface area (TPSA) is 35.2 Å². The van der Waals surface area contributed by atoms with Gasteiger partial charge >= 0.3 is 0 Å². The summed E-state index contributed by atoms with van der Waals surface area (Å²) in [6.45, 7) is 8.73. The first-order valence-electron chi connectivity index (χ1n) is 7.86. The predicted molar refractivity (Wildman–Crippen MR) is 95.0 cm³/mol. The van der Waals surface area contributed by atoms with Crippen LogP contribution in [0.25, 0.3) is 0 Å². The number of benzene rings is 1. The van der Waals surface area contributed by atoms with Gasteiger partial charge in [-0.3, -0.25) is 0 Å². The molecule has 0 amide bonds. The van der Waals surface area contributed by atoms with Crippen molar-refractivity contribution in [2.45, 2.75) is 58.4 Å². The molecule has 1 rings (SSSR count). The lowest BCUT2D eigenvalue weighted by atomic mass is 10.0. The molecule has 118 valence electrons. The van der Waals surface area contributed by atoms with Crippen LogP contribution in [0.15, 0.2) is 29.3 Å². The highest BCUT2D eigenvalue weighted by Crippen LogP contribution is 2.29. The second kappa shape index (κ2) is 10.0. The number of rotatable bonds is 10. The summed E-state index contributed by atoms with van der Waals surface area (Å²) in [5, 5.41) is 0. The zero-order valence-electron chi connectivity index (χ0n) is 13.3. The number of ether oxygens (including phenoxy) is 1. The summed E-state index contributed by atoms with van der Waals surface area (Å²) in [6.07, 6.45) is 8.38. The van der Waals surface area contributed by atoms with Crippen molar-refractivity contribution in [3.8, 4) is 5.75 Å². The maximum Gasteiger partial charge on any atom is 0.125 e. The molecule has 0 aliphatic carbocycles. The molecule has 1 aromatic rings. The summed E-state index contributed by atoms with van der Waals surface area (Å²) in [5.74, 6) is 1.02. The van der Waals surface area contributed by atoms with E-state index >= 15 is 0 Å². The van der Waals surface area contributed by atoms with Crippen molar-refractivity contribution in [3.63, 3.8) is 0 Å². The van der Waals surface area contributed by atoms with E-state index in [4.69, 9.17) is 10.5 Å². The SMILES string of the molecule is C=CCCCCCOc1c(C)cc(Br)cc1CC(N)CC. The lowest BCUT2D eigenvalue weighted by Crippen LogP contribution is -2.22.